The fourth-order valence-electron chi connectivity index (χ4n) is 4.97. The lowest BCUT2D eigenvalue weighted by atomic mass is 9.70. The summed E-state index contributed by atoms with van der Waals surface area (Å²) in [5.41, 5.74) is 1.48. The van der Waals surface area contributed by atoms with Gasteiger partial charge in [0.2, 0.25) is 0 Å². The normalized spacial score (nSPS) is 24.2. The molecule has 2 aliphatic rings. The summed E-state index contributed by atoms with van der Waals surface area (Å²) >= 11 is 6.17. The van der Waals surface area contributed by atoms with Crippen LogP contribution in [0.1, 0.15) is 35.2 Å². The molecule has 4 rings (SSSR count). The number of methoxy groups -OCH3 is 1. The topological polar surface area (TPSA) is 87.1 Å². The van der Waals surface area contributed by atoms with Gasteiger partial charge in [-0.25, -0.2) is 0 Å². The minimum Gasteiger partial charge on any atom is -0.497 e. The van der Waals surface area contributed by atoms with E-state index >= 15 is 0 Å². The van der Waals surface area contributed by atoms with Crippen LogP contribution in [0, 0.1) is 5.41 Å². The van der Waals surface area contributed by atoms with Gasteiger partial charge in [0.05, 0.1) is 13.7 Å². The molecule has 0 aromatic heterocycles. The van der Waals surface area contributed by atoms with E-state index in [-0.39, 0.29) is 36.5 Å². The third-order valence-corrected chi connectivity index (χ3v) is 6.37. The second-order valence-corrected chi connectivity index (χ2v) is 8.27. The molecule has 2 saturated heterocycles. The van der Waals surface area contributed by atoms with Crippen molar-refractivity contribution in [3.63, 3.8) is 0 Å². The number of carbonyl (C=O) groups is 2. The first-order valence-corrected chi connectivity index (χ1v) is 10.3. The Balaban J connectivity index is 0.000000806. The van der Waals surface area contributed by atoms with Crippen LogP contribution in [0.15, 0.2) is 48.5 Å². The first-order valence-electron chi connectivity index (χ1n) is 9.88. The molecule has 2 bridgehead atoms. The molecule has 0 aliphatic carbocycles. The molecule has 2 aromatic carbocycles. The van der Waals surface area contributed by atoms with Crippen LogP contribution in [0.25, 0.3) is 0 Å². The first-order chi connectivity index (χ1) is 14.5. The Morgan fingerprint density at radius 1 is 1.27 bits per heavy atom. The summed E-state index contributed by atoms with van der Waals surface area (Å²) < 4.78 is 5.26. The van der Waals surface area contributed by atoms with Crippen LogP contribution in [-0.2, 0) is 11.2 Å². The third kappa shape index (κ3) is 4.30. The van der Waals surface area contributed by atoms with Gasteiger partial charge in [-0.1, -0.05) is 41.9 Å². The molecule has 160 valence electrons. The van der Waals surface area contributed by atoms with E-state index < -0.39 is 0 Å². The number of hydrogen-bond acceptors (Lipinski definition) is 4. The number of hydrogen-bond donors (Lipinski definition) is 2. The van der Waals surface area contributed by atoms with Gasteiger partial charge in [0.15, 0.2) is 0 Å². The van der Waals surface area contributed by atoms with Gasteiger partial charge >= 0.3 is 0 Å². The highest BCUT2D eigenvalue weighted by atomic mass is 35.5. The zero-order valence-electron chi connectivity index (χ0n) is 16.8. The second-order valence-electron chi connectivity index (χ2n) is 7.83. The van der Waals surface area contributed by atoms with Crippen molar-refractivity contribution in [3.05, 3.63) is 64.7 Å². The number of ether oxygens (including phenoxy) is 1. The Hall–Kier alpha value is -2.57. The number of aliphatic hydroxyl groups is 1. The molecule has 6 nitrogen and oxygen atoms in total. The van der Waals surface area contributed by atoms with Crippen LogP contribution in [0.4, 0.5) is 0 Å². The number of nitrogens with zero attached hydrogens (tertiary/aromatic N) is 1. The van der Waals surface area contributed by atoms with Gasteiger partial charge in [0.25, 0.3) is 12.4 Å². The van der Waals surface area contributed by atoms with Gasteiger partial charge in [0, 0.05) is 28.1 Å². The smallest absolute Gasteiger partial charge is 0.290 e. The highest BCUT2D eigenvalue weighted by Gasteiger charge is 2.57. The number of carboxylic acid groups (broad SMARTS) is 1. The van der Waals surface area contributed by atoms with Crippen molar-refractivity contribution in [1.29, 1.82) is 0 Å². The average molecular weight is 432 g/mol. The van der Waals surface area contributed by atoms with Gasteiger partial charge in [-0.15, -0.1) is 0 Å². The van der Waals surface area contributed by atoms with E-state index in [0.29, 0.717) is 16.3 Å². The second kappa shape index (κ2) is 9.49. The summed E-state index contributed by atoms with van der Waals surface area (Å²) in [5, 5.41) is 17.7. The Kier molecular flexibility index (Phi) is 7.00. The largest absolute Gasteiger partial charge is 0.497 e. The van der Waals surface area contributed by atoms with E-state index in [1.807, 2.05) is 23.1 Å². The molecular weight excluding hydrogens is 406 g/mol. The Morgan fingerprint density at radius 3 is 2.60 bits per heavy atom. The Labute approximate surface area is 181 Å². The zero-order valence-corrected chi connectivity index (χ0v) is 17.6. The highest BCUT2D eigenvalue weighted by molar-refractivity contribution is 6.31. The number of amides is 1. The molecule has 2 fully saturated rings. The Morgan fingerprint density at radius 2 is 1.97 bits per heavy atom. The van der Waals surface area contributed by atoms with Crippen molar-refractivity contribution in [3.8, 4) is 5.75 Å². The van der Waals surface area contributed by atoms with Crippen LogP contribution < -0.4 is 4.74 Å². The molecule has 7 heteroatoms. The number of fused-ring (bicyclic) bond motifs is 2. The van der Waals surface area contributed by atoms with Crippen molar-refractivity contribution >= 4 is 24.0 Å². The lowest BCUT2D eigenvalue weighted by Crippen LogP contribution is -2.43. The molecule has 2 N–H and O–H groups in total. The monoisotopic (exact) mass is 431 g/mol. The summed E-state index contributed by atoms with van der Waals surface area (Å²) in [6.07, 6.45) is 3.55. The van der Waals surface area contributed by atoms with Crippen molar-refractivity contribution in [2.75, 3.05) is 13.7 Å². The van der Waals surface area contributed by atoms with Crippen LogP contribution in [0.3, 0.4) is 0 Å². The quantitative estimate of drug-likeness (QED) is 0.705. The SMILES string of the molecule is COc1cc(Cl)cc(C(=O)N2[C@@H]3CC[C@H]2[C@](CO)(Cc2ccccc2)C3)c1.O=CO. The number of carbonyl (C=O) groups excluding carboxylic acids is 1. The summed E-state index contributed by atoms with van der Waals surface area (Å²) in [4.78, 5) is 23.7. The van der Waals surface area contributed by atoms with E-state index in [4.69, 9.17) is 26.2 Å². The van der Waals surface area contributed by atoms with Crippen LogP contribution in [-0.4, -0.2) is 53.3 Å². The number of halogens is 1. The van der Waals surface area contributed by atoms with Gasteiger partial charge < -0.3 is 19.8 Å². The maximum absolute atomic E-state index is 13.3. The maximum atomic E-state index is 13.3. The van der Waals surface area contributed by atoms with Crippen molar-refractivity contribution in [2.45, 2.75) is 37.8 Å². The van der Waals surface area contributed by atoms with E-state index in [9.17, 15) is 9.90 Å². The minimum absolute atomic E-state index is 0.0216. The number of aliphatic hydroxyl groups excluding tert-OH is 1. The minimum atomic E-state index is -0.275. The molecule has 3 atom stereocenters. The number of benzene rings is 2. The molecular formula is C23H26ClNO5. The molecule has 2 heterocycles. The Bertz CT molecular complexity index is 890. The zero-order chi connectivity index (χ0) is 21.7. The molecule has 0 saturated carbocycles. The molecule has 0 radical (unpaired) electrons. The third-order valence-electron chi connectivity index (χ3n) is 6.15. The van der Waals surface area contributed by atoms with E-state index in [0.717, 1.165) is 25.7 Å². The van der Waals surface area contributed by atoms with Gasteiger partial charge in [-0.3, -0.25) is 9.59 Å². The fourth-order valence-corrected chi connectivity index (χ4v) is 5.19. The highest BCUT2D eigenvalue weighted by Crippen LogP contribution is 2.51. The van der Waals surface area contributed by atoms with E-state index in [1.54, 1.807) is 25.3 Å². The number of rotatable bonds is 5. The summed E-state index contributed by atoms with van der Waals surface area (Å²) in [7, 11) is 1.57. The molecule has 2 aromatic rings. The maximum Gasteiger partial charge on any atom is 0.290 e. The molecule has 0 unspecified atom stereocenters. The van der Waals surface area contributed by atoms with E-state index in [2.05, 4.69) is 12.1 Å². The van der Waals surface area contributed by atoms with Crippen LogP contribution in [0.5, 0.6) is 5.75 Å². The summed E-state index contributed by atoms with van der Waals surface area (Å²) in [6.45, 7) is -0.161. The first kappa shape index (κ1) is 22.1. The van der Waals surface area contributed by atoms with Crippen LogP contribution in [0.2, 0.25) is 5.02 Å². The predicted octanol–water partition coefficient (Wildman–Crippen LogP) is 3.65. The lowest BCUT2D eigenvalue weighted by molar-refractivity contribution is -0.122. The molecule has 2 aliphatic heterocycles. The standard InChI is InChI=1S/C22H24ClNO3.CH2O2/c1-27-19-10-16(9-17(23)11-19)21(26)24-18-7-8-20(24)22(13-18,14-25)12-15-5-3-2-4-6-15;2-1-3/h2-6,9-11,18,20,25H,7-8,12-14H2,1H3;1H,(H,2,3)/t18-,20+,22-;/m1./s1. The van der Waals surface area contributed by atoms with Crippen molar-refractivity contribution < 1.29 is 24.5 Å². The van der Waals surface area contributed by atoms with Gasteiger partial charge in [-0.2, -0.15) is 0 Å². The van der Waals surface area contributed by atoms with E-state index in [1.165, 1.54) is 5.56 Å². The van der Waals surface area contributed by atoms with Crippen LogP contribution >= 0.6 is 11.6 Å². The average Bonchev–Trinajstić information content (AvgIpc) is 3.30. The fraction of sp³-hybridized carbons (Fsp3) is 0.391. The van der Waals surface area contributed by atoms with Crippen molar-refractivity contribution in [1.82, 2.24) is 4.90 Å². The van der Waals surface area contributed by atoms with Gasteiger partial charge in [0.1, 0.15) is 5.75 Å². The molecule has 1 amide bonds. The predicted molar refractivity (Wildman–Crippen MR) is 114 cm³/mol. The van der Waals surface area contributed by atoms with Crippen molar-refractivity contribution in [2.24, 2.45) is 5.41 Å². The summed E-state index contributed by atoms with van der Waals surface area (Å²) in [5.74, 6) is 0.557. The molecule has 0 spiro atoms. The van der Waals surface area contributed by atoms with Gasteiger partial charge in [-0.05, 0) is 49.4 Å². The molecule has 30 heavy (non-hydrogen) atoms. The summed E-state index contributed by atoms with van der Waals surface area (Å²) in [6, 6.07) is 15.6. The lowest BCUT2D eigenvalue weighted by Gasteiger charge is -2.36.